The third-order valence-corrected chi connectivity index (χ3v) is 6.84. The number of hydrogen-bond acceptors (Lipinski definition) is 3. The third kappa shape index (κ3) is 4.09. The molecule has 2 atom stereocenters. The lowest BCUT2D eigenvalue weighted by Crippen LogP contribution is -2.47. The van der Waals surface area contributed by atoms with Crippen LogP contribution in [0.15, 0.2) is 24.5 Å². The molecule has 1 amide bonds. The summed E-state index contributed by atoms with van der Waals surface area (Å²) in [7, 11) is 0. The van der Waals surface area contributed by atoms with E-state index in [2.05, 4.69) is 39.7 Å². The van der Waals surface area contributed by atoms with E-state index in [4.69, 9.17) is 0 Å². The third-order valence-electron chi connectivity index (χ3n) is 6.84. The summed E-state index contributed by atoms with van der Waals surface area (Å²) in [5.41, 5.74) is 2.79. The Kier molecular flexibility index (Phi) is 6.00. The Labute approximate surface area is 168 Å². The van der Waals surface area contributed by atoms with Crippen LogP contribution in [0.2, 0.25) is 0 Å². The van der Waals surface area contributed by atoms with Crippen LogP contribution in [0.1, 0.15) is 81.6 Å². The van der Waals surface area contributed by atoms with Gasteiger partial charge >= 0.3 is 0 Å². The number of amides is 1. The number of hydrogen-bond donors (Lipinski definition) is 1. The average Bonchev–Trinajstić information content (AvgIpc) is 3.14. The number of benzene rings is 1. The van der Waals surface area contributed by atoms with Gasteiger partial charge in [0.05, 0.1) is 17.4 Å². The molecule has 0 radical (unpaired) electrons. The minimum Gasteiger partial charge on any atom is -0.351 e. The molecule has 1 aliphatic carbocycles. The van der Waals surface area contributed by atoms with E-state index in [0.29, 0.717) is 30.2 Å². The Morgan fingerprint density at radius 2 is 1.82 bits per heavy atom. The normalized spacial score (nSPS) is 24.5. The Morgan fingerprint density at radius 1 is 1.07 bits per heavy atom. The fraction of sp³-hybridized carbons (Fsp3) is 0.652. The zero-order chi connectivity index (χ0) is 19.5. The van der Waals surface area contributed by atoms with Crippen molar-refractivity contribution in [2.45, 2.75) is 83.3 Å². The number of carbonyl (C=O) groups is 1. The topological polar surface area (TPSA) is 50.2 Å². The number of likely N-dealkylation sites (tertiary alicyclic amines) is 1. The first-order valence-electron chi connectivity index (χ1n) is 11.1. The maximum atomic E-state index is 12.6. The molecular formula is C23H34N4O. The highest BCUT2D eigenvalue weighted by Gasteiger charge is 2.24. The summed E-state index contributed by atoms with van der Waals surface area (Å²) in [6.07, 6.45) is 12.2. The first-order chi connectivity index (χ1) is 13.6. The second-order valence-corrected chi connectivity index (χ2v) is 8.77. The Morgan fingerprint density at radius 3 is 2.57 bits per heavy atom. The number of piperidine rings is 1. The second-order valence-electron chi connectivity index (χ2n) is 8.77. The van der Waals surface area contributed by atoms with Crippen molar-refractivity contribution in [2.24, 2.45) is 0 Å². The summed E-state index contributed by atoms with van der Waals surface area (Å²) in [4.78, 5) is 19.7. The average molecular weight is 383 g/mol. The molecule has 5 heteroatoms. The molecule has 1 aromatic carbocycles. The summed E-state index contributed by atoms with van der Waals surface area (Å²) >= 11 is 0. The molecule has 2 fully saturated rings. The van der Waals surface area contributed by atoms with Crippen LogP contribution in [0.3, 0.4) is 0 Å². The molecule has 0 unspecified atom stereocenters. The molecule has 152 valence electrons. The maximum absolute atomic E-state index is 12.6. The first kappa shape index (κ1) is 19.4. The van der Waals surface area contributed by atoms with Crippen molar-refractivity contribution in [1.29, 1.82) is 0 Å². The molecule has 1 saturated carbocycles. The van der Waals surface area contributed by atoms with Crippen LogP contribution in [0.4, 0.5) is 0 Å². The van der Waals surface area contributed by atoms with E-state index in [1.807, 2.05) is 18.5 Å². The second kappa shape index (κ2) is 8.64. The molecule has 1 aliphatic heterocycles. The van der Waals surface area contributed by atoms with Crippen LogP contribution >= 0.6 is 0 Å². The van der Waals surface area contributed by atoms with Crippen molar-refractivity contribution in [3.63, 3.8) is 0 Å². The molecule has 2 heterocycles. The van der Waals surface area contributed by atoms with Gasteiger partial charge in [0.25, 0.3) is 5.91 Å². The fourth-order valence-electron chi connectivity index (χ4n) is 5.14. The predicted molar refractivity (Wildman–Crippen MR) is 114 cm³/mol. The van der Waals surface area contributed by atoms with Gasteiger partial charge in [-0.25, -0.2) is 4.98 Å². The van der Waals surface area contributed by atoms with Crippen molar-refractivity contribution < 1.29 is 4.79 Å². The lowest BCUT2D eigenvalue weighted by molar-refractivity contribution is 0.0889. The van der Waals surface area contributed by atoms with Crippen LogP contribution < -0.4 is 5.32 Å². The van der Waals surface area contributed by atoms with Gasteiger partial charge in [0.1, 0.15) is 0 Å². The van der Waals surface area contributed by atoms with E-state index in [0.717, 1.165) is 17.6 Å². The van der Waals surface area contributed by atoms with Crippen LogP contribution in [0.25, 0.3) is 11.0 Å². The van der Waals surface area contributed by atoms with Crippen LogP contribution in [-0.2, 0) is 0 Å². The van der Waals surface area contributed by atoms with Crippen LogP contribution in [0, 0.1) is 0 Å². The van der Waals surface area contributed by atoms with E-state index < -0.39 is 0 Å². The Hall–Kier alpha value is -1.88. The predicted octanol–water partition coefficient (Wildman–Crippen LogP) is 4.53. The van der Waals surface area contributed by atoms with Crippen LogP contribution in [0.5, 0.6) is 0 Å². The van der Waals surface area contributed by atoms with Gasteiger partial charge < -0.3 is 9.88 Å². The number of aromatic nitrogens is 2. The number of carbonyl (C=O) groups excluding carboxylic acids is 1. The number of imidazole rings is 1. The van der Waals surface area contributed by atoms with Crippen molar-refractivity contribution >= 4 is 16.9 Å². The lowest BCUT2D eigenvalue weighted by Gasteiger charge is -2.39. The standard InChI is InChI=1S/C23H34N4O/c1-17-7-6-8-18(2)26(17)14-13-24-23(28)19-11-12-22-21(15-19)25-16-27(22)20-9-4-3-5-10-20/h11-12,15-18,20H,3-10,13-14H2,1-2H3,(H,24,28)/t17-,18-/m1/s1. The summed E-state index contributed by atoms with van der Waals surface area (Å²) in [6.45, 7) is 6.22. The molecule has 2 aromatic rings. The van der Waals surface area contributed by atoms with Crippen molar-refractivity contribution in [2.75, 3.05) is 13.1 Å². The molecule has 2 aliphatic rings. The van der Waals surface area contributed by atoms with Gasteiger partial charge in [-0.15, -0.1) is 0 Å². The number of fused-ring (bicyclic) bond motifs is 1. The number of rotatable bonds is 5. The highest BCUT2D eigenvalue weighted by atomic mass is 16.1. The Bertz CT molecular complexity index is 798. The minimum atomic E-state index is 0.00596. The van der Waals surface area contributed by atoms with Gasteiger partial charge in [-0.2, -0.15) is 0 Å². The van der Waals surface area contributed by atoms with Gasteiger partial charge in [-0.3, -0.25) is 9.69 Å². The molecule has 4 rings (SSSR count). The molecule has 0 bridgehead atoms. The van der Waals surface area contributed by atoms with Crippen molar-refractivity contribution in [3.8, 4) is 0 Å². The van der Waals surface area contributed by atoms with E-state index in [1.165, 1.54) is 51.4 Å². The maximum Gasteiger partial charge on any atom is 0.251 e. The van der Waals surface area contributed by atoms with Gasteiger partial charge in [0.2, 0.25) is 0 Å². The van der Waals surface area contributed by atoms with Gasteiger partial charge in [-0.1, -0.05) is 25.7 Å². The molecule has 1 aromatic heterocycles. The first-order valence-corrected chi connectivity index (χ1v) is 11.1. The zero-order valence-electron chi connectivity index (χ0n) is 17.4. The number of nitrogens with zero attached hydrogens (tertiary/aromatic N) is 3. The molecule has 28 heavy (non-hydrogen) atoms. The molecule has 1 N–H and O–H groups in total. The van der Waals surface area contributed by atoms with Crippen molar-refractivity contribution in [3.05, 3.63) is 30.1 Å². The quantitative estimate of drug-likeness (QED) is 0.826. The largest absolute Gasteiger partial charge is 0.351 e. The number of nitrogens with one attached hydrogen (secondary N) is 1. The Balaban J connectivity index is 1.37. The van der Waals surface area contributed by atoms with E-state index in [-0.39, 0.29) is 5.91 Å². The lowest BCUT2D eigenvalue weighted by atomic mass is 9.95. The summed E-state index contributed by atoms with van der Waals surface area (Å²) in [5, 5.41) is 3.11. The van der Waals surface area contributed by atoms with Gasteiger partial charge in [-0.05, 0) is 57.7 Å². The highest BCUT2D eigenvalue weighted by Crippen LogP contribution is 2.31. The van der Waals surface area contributed by atoms with Crippen molar-refractivity contribution in [1.82, 2.24) is 19.8 Å². The summed E-state index contributed by atoms with van der Waals surface area (Å²) in [6, 6.07) is 7.75. The highest BCUT2D eigenvalue weighted by molar-refractivity contribution is 5.97. The fourth-order valence-corrected chi connectivity index (χ4v) is 5.14. The molecular weight excluding hydrogens is 348 g/mol. The molecule has 5 nitrogen and oxygen atoms in total. The van der Waals surface area contributed by atoms with E-state index in [9.17, 15) is 4.79 Å². The minimum absolute atomic E-state index is 0.00596. The zero-order valence-corrected chi connectivity index (χ0v) is 17.4. The van der Waals surface area contributed by atoms with E-state index >= 15 is 0 Å². The van der Waals surface area contributed by atoms with Gasteiger partial charge in [0, 0.05) is 36.8 Å². The SMILES string of the molecule is C[C@@H]1CCC[C@@H](C)N1CCNC(=O)c1ccc2c(c1)ncn2C1CCCCC1. The summed E-state index contributed by atoms with van der Waals surface area (Å²) < 4.78 is 2.31. The monoisotopic (exact) mass is 382 g/mol. The van der Waals surface area contributed by atoms with E-state index in [1.54, 1.807) is 0 Å². The molecule has 1 saturated heterocycles. The van der Waals surface area contributed by atoms with Gasteiger partial charge in [0.15, 0.2) is 0 Å². The molecule has 0 spiro atoms. The van der Waals surface area contributed by atoms with Crippen LogP contribution in [-0.4, -0.2) is 45.5 Å². The smallest absolute Gasteiger partial charge is 0.251 e. The summed E-state index contributed by atoms with van der Waals surface area (Å²) in [5.74, 6) is 0.00596.